The van der Waals surface area contributed by atoms with Gasteiger partial charge in [-0.1, -0.05) is 6.07 Å². The molecular formula is C18H18N2O4S. The van der Waals surface area contributed by atoms with Gasteiger partial charge < -0.3 is 9.47 Å². The molecule has 1 heterocycles. The van der Waals surface area contributed by atoms with Gasteiger partial charge in [0.2, 0.25) is 0 Å². The number of pyridine rings is 1. The van der Waals surface area contributed by atoms with Crippen LogP contribution in [-0.2, 0) is 10.0 Å². The molecule has 3 aromatic rings. The smallest absolute Gasteiger partial charge is 0.261 e. The number of aromatic nitrogens is 1. The molecule has 0 saturated heterocycles. The molecule has 1 aromatic heterocycles. The zero-order valence-electron chi connectivity index (χ0n) is 14.1. The summed E-state index contributed by atoms with van der Waals surface area (Å²) in [6, 6.07) is 13.4. The molecule has 0 radical (unpaired) electrons. The van der Waals surface area contributed by atoms with E-state index in [2.05, 4.69) is 9.71 Å². The molecule has 130 valence electrons. The Morgan fingerprint density at radius 3 is 2.24 bits per heavy atom. The lowest BCUT2D eigenvalue weighted by Gasteiger charge is -2.13. The summed E-state index contributed by atoms with van der Waals surface area (Å²) in [5, 5.41) is 0.789. The zero-order chi connectivity index (χ0) is 18.0. The van der Waals surface area contributed by atoms with E-state index in [9.17, 15) is 8.42 Å². The molecule has 0 saturated carbocycles. The van der Waals surface area contributed by atoms with Crippen molar-refractivity contribution in [2.75, 3.05) is 18.9 Å². The molecule has 2 aromatic carbocycles. The predicted octanol–water partition coefficient (Wildman–Crippen LogP) is 3.36. The van der Waals surface area contributed by atoms with Gasteiger partial charge in [0.1, 0.15) is 11.5 Å². The monoisotopic (exact) mass is 358 g/mol. The second-order valence-corrected chi connectivity index (χ2v) is 7.16. The van der Waals surface area contributed by atoms with E-state index in [-0.39, 0.29) is 4.90 Å². The molecule has 0 spiro atoms. The summed E-state index contributed by atoms with van der Waals surface area (Å²) < 4.78 is 38.3. The number of methoxy groups -OCH3 is 2. The van der Waals surface area contributed by atoms with E-state index in [1.165, 1.54) is 26.4 Å². The lowest BCUT2D eigenvalue weighted by atomic mass is 10.1. The van der Waals surface area contributed by atoms with Gasteiger partial charge in [0.25, 0.3) is 10.0 Å². The predicted molar refractivity (Wildman–Crippen MR) is 96.8 cm³/mol. The first kappa shape index (κ1) is 17.0. The summed E-state index contributed by atoms with van der Waals surface area (Å²) in [6.07, 6.45) is 0. The zero-order valence-corrected chi connectivity index (χ0v) is 14.9. The first-order valence-corrected chi connectivity index (χ1v) is 9.03. The van der Waals surface area contributed by atoms with Crippen LogP contribution in [0.5, 0.6) is 11.5 Å². The normalized spacial score (nSPS) is 11.3. The average Bonchev–Trinajstić information content (AvgIpc) is 2.61. The Hall–Kier alpha value is -2.80. The van der Waals surface area contributed by atoms with Crippen molar-refractivity contribution in [3.8, 4) is 11.5 Å². The molecule has 7 heteroatoms. The number of ether oxygens (including phenoxy) is 2. The Morgan fingerprint density at radius 2 is 1.60 bits per heavy atom. The summed E-state index contributed by atoms with van der Waals surface area (Å²) in [5.41, 5.74) is 1.73. The van der Waals surface area contributed by atoms with Crippen molar-refractivity contribution in [2.45, 2.75) is 11.8 Å². The van der Waals surface area contributed by atoms with Crippen molar-refractivity contribution in [3.63, 3.8) is 0 Å². The number of sulfonamides is 1. The van der Waals surface area contributed by atoms with E-state index in [4.69, 9.17) is 9.47 Å². The van der Waals surface area contributed by atoms with Gasteiger partial charge in [-0.05, 0) is 43.3 Å². The first-order chi connectivity index (χ1) is 11.9. The molecule has 0 bridgehead atoms. The van der Waals surface area contributed by atoms with Crippen LogP contribution in [0, 0.1) is 6.92 Å². The Labute approximate surface area is 146 Å². The SMILES string of the molecule is COc1ccc(S(=O)(=O)Nc2cc(OC)cc3ccc(C)nc23)cc1. The van der Waals surface area contributed by atoms with Gasteiger partial charge in [-0.3, -0.25) is 9.71 Å². The van der Waals surface area contributed by atoms with E-state index < -0.39 is 10.0 Å². The highest BCUT2D eigenvalue weighted by Gasteiger charge is 2.17. The molecule has 0 atom stereocenters. The Kier molecular flexibility index (Phi) is 4.50. The van der Waals surface area contributed by atoms with Crippen LogP contribution in [0.1, 0.15) is 5.69 Å². The largest absolute Gasteiger partial charge is 0.497 e. The minimum absolute atomic E-state index is 0.136. The van der Waals surface area contributed by atoms with Crippen LogP contribution in [0.25, 0.3) is 10.9 Å². The number of nitrogens with zero attached hydrogens (tertiary/aromatic N) is 1. The second-order valence-electron chi connectivity index (χ2n) is 5.48. The second kappa shape index (κ2) is 6.60. The van der Waals surface area contributed by atoms with Crippen molar-refractivity contribution in [3.05, 3.63) is 54.2 Å². The minimum Gasteiger partial charge on any atom is -0.497 e. The summed E-state index contributed by atoms with van der Waals surface area (Å²) in [5.74, 6) is 1.13. The fourth-order valence-electron chi connectivity index (χ4n) is 2.46. The van der Waals surface area contributed by atoms with Crippen LogP contribution < -0.4 is 14.2 Å². The molecule has 0 fully saturated rings. The maximum absolute atomic E-state index is 12.7. The summed E-state index contributed by atoms with van der Waals surface area (Å²) in [7, 11) is -0.710. The highest BCUT2D eigenvalue weighted by atomic mass is 32.2. The van der Waals surface area contributed by atoms with Gasteiger partial charge >= 0.3 is 0 Å². The van der Waals surface area contributed by atoms with Crippen LogP contribution >= 0.6 is 0 Å². The lowest BCUT2D eigenvalue weighted by molar-refractivity contribution is 0.414. The topological polar surface area (TPSA) is 77.5 Å². The van der Waals surface area contributed by atoms with Crippen molar-refractivity contribution in [2.24, 2.45) is 0 Å². The number of benzene rings is 2. The third kappa shape index (κ3) is 3.51. The van der Waals surface area contributed by atoms with Crippen molar-refractivity contribution >= 4 is 26.6 Å². The van der Waals surface area contributed by atoms with E-state index >= 15 is 0 Å². The van der Waals surface area contributed by atoms with E-state index in [1.807, 2.05) is 25.1 Å². The maximum atomic E-state index is 12.7. The number of nitrogens with one attached hydrogen (secondary N) is 1. The average molecular weight is 358 g/mol. The van der Waals surface area contributed by atoms with Crippen LogP contribution in [-0.4, -0.2) is 27.6 Å². The van der Waals surface area contributed by atoms with Crippen LogP contribution in [0.4, 0.5) is 5.69 Å². The lowest BCUT2D eigenvalue weighted by Crippen LogP contribution is -2.13. The Bertz CT molecular complexity index is 1020. The van der Waals surface area contributed by atoms with Gasteiger partial charge in [0.15, 0.2) is 0 Å². The number of hydrogen-bond acceptors (Lipinski definition) is 5. The molecule has 0 aliphatic rings. The molecule has 0 amide bonds. The van der Waals surface area contributed by atoms with Crippen LogP contribution in [0.2, 0.25) is 0 Å². The molecule has 1 N–H and O–H groups in total. The molecule has 6 nitrogen and oxygen atoms in total. The van der Waals surface area contributed by atoms with Gasteiger partial charge in [-0.2, -0.15) is 0 Å². The number of anilines is 1. The van der Waals surface area contributed by atoms with E-state index in [1.54, 1.807) is 18.2 Å². The van der Waals surface area contributed by atoms with Gasteiger partial charge in [0.05, 0.1) is 30.3 Å². The molecule has 0 aliphatic carbocycles. The molecule has 25 heavy (non-hydrogen) atoms. The third-order valence-electron chi connectivity index (χ3n) is 3.75. The van der Waals surface area contributed by atoms with Gasteiger partial charge in [-0.25, -0.2) is 8.42 Å². The molecule has 0 unspecified atom stereocenters. The van der Waals surface area contributed by atoms with Gasteiger partial charge in [-0.15, -0.1) is 0 Å². The molecule has 0 aliphatic heterocycles. The summed E-state index contributed by atoms with van der Waals surface area (Å²) in [6.45, 7) is 1.85. The van der Waals surface area contributed by atoms with Crippen LogP contribution in [0.15, 0.2) is 53.4 Å². The number of hydrogen-bond donors (Lipinski definition) is 1. The maximum Gasteiger partial charge on any atom is 0.261 e. The third-order valence-corrected chi connectivity index (χ3v) is 5.14. The summed E-state index contributed by atoms with van der Waals surface area (Å²) >= 11 is 0. The fourth-order valence-corrected chi connectivity index (χ4v) is 3.52. The minimum atomic E-state index is -3.77. The number of aryl methyl sites for hydroxylation is 1. The van der Waals surface area contributed by atoms with Gasteiger partial charge in [0, 0.05) is 17.1 Å². The van der Waals surface area contributed by atoms with E-state index in [0.29, 0.717) is 22.7 Å². The van der Waals surface area contributed by atoms with E-state index in [0.717, 1.165) is 11.1 Å². The number of rotatable bonds is 5. The van der Waals surface area contributed by atoms with Crippen molar-refractivity contribution in [1.82, 2.24) is 4.98 Å². The summed E-state index contributed by atoms with van der Waals surface area (Å²) in [4.78, 5) is 4.59. The first-order valence-electron chi connectivity index (χ1n) is 7.55. The Balaban J connectivity index is 2.07. The molecular weight excluding hydrogens is 340 g/mol. The van der Waals surface area contributed by atoms with Crippen molar-refractivity contribution < 1.29 is 17.9 Å². The highest BCUT2D eigenvalue weighted by Crippen LogP contribution is 2.30. The highest BCUT2D eigenvalue weighted by molar-refractivity contribution is 7.92. The van der Waals surface area contributed by atoms with Crippen LogP contribution in [0.3, 0.4) is 0 Å². The van der Waals surface area contributed by atoms with Crippen molar-refractivity contribution in [1.29, 1.82) is 0 Å². The molecule has 3 rings (SSSR count). The standard InChI is InChI=1S/C18H18N2O4S/c1-12-4-5-13-10-15(24-3)11-17(18(13)19-12)20-25(21,22)16-8-6-14(23-2)7-9-16/h4-11,20H,1-3H3. The quantitative estimate of drug-likeness (QED) is 0.757. The number of fused-ring (bicyclic) bond motifs is 1. The fraction of sp³-hybridized carbons (Fsp3) is 0.167. The Morgan fingerprint density at radius 1 is 0.920 bits per heavy atom.